The van der Waals surface area contributed by atoms with Crippen LogP contribution >= 0.6 is 0 Å². The predicted octanol–water partition coefficient (Wildman–Crippen LogP) is 4.64. The number of rotatable bonds is 5. The average molecular weight is 386 g/mol. The summed E-state index contributed by atoms with van der Waals surface area (Å²) in [6.07, 6.45) is 1.91. The third-order valence-electron chi connectivity index (χ3n) is 4.67. The van der Waals surface area contributed by atoms with Gasteiger partial charge in [0, 0.05) is 18.3 Å². The first kappa shape index (κ1) is 18.6. The van der Waals surface area contributed by atoms with E-state index >= 15 is 0 Å². The highest BCUT2D eigenvalue weighted by molar-refractivity contribution is 5.93. The van der Waals surface area contributed by atoms with Crippen LogP contribution in [0.2, 0.25) is 0 Å². The molecule has 0 unspecified atom stereocenters. The Morgan fingerprint density at radius 3 is 2.55 bits per heavy atom. The summed E-state index contributed by atoms with van der Waals surface area (Å²) in [6, 6.07) is 21.1. The number of nitrogens with one attached hydrogen (secondary N) is 2. The number of anilines is 1. The van der Waals surface area contributed by atoms with Gasteiger partial charge in [-0.1, -0.05) is 30.3 Å². The first-order valence-electron chi connectivity index (χ1n) is 9.36. The number of nitrogens with zero attached hydrogens (tertiary/aromatic N) is 2. The van der Waals surface area contributed by atoms with Gasteiger partial charge in [0.1, 0.15) is 22.9 Å². The van der Waals surface area contributed by atoms with Crippen molar-refractivity contribution in [3.05, 3.63) is 84.1 Å². The zero-order valence-electron chi connectivity index (χ0n) is 16.3. The van der Waals surface area contributed by atoms with Gasteiger partial charge in [-0.3, -0.25) is 9.72 Å². The van der Waals surface area contributed by atoms with Gasteiger partial charge in [0.25, 0.3) is 0 Å². The SMILES string of the molecule is COc1ccc(-c2nc3cc(C)ccn3c2NC(=O)NCc2ccccc2)cc1. The molecule has 146 valence electrons. The molecule has 2 amide bonds. The summed E-state index contributed by atoms with van der Waals surface area (Å²) in [5.74, 6) is 1.39. The van der Waals surface area contributed by atoms with Gasteiger partial charge in [0.15, 0.2) is 0 Å². The lowest BCUT2D eigenvalue weighted by atomic mass is 10.1. The molecular formula is C23H22N4O2. The Kier molecular flexibility index (Phi) is 5.16. The summed E-state index contributed by atoms with van der Waals surface area (Å²) in [6.45, 7) is 2.46. The normalized spacial score (nSPS) is 10.7. The number of hydrogen-bond acceptors (Lipinski definition) is 3. The number of hydrogen-bond donors (Lipinski definition) is 2. The quantitative estimate of drug-likeness (QED) is 0.525. The van der Waals surface area contributed by atoms with E-state index in [1.54, 1.807) is 7.11 Å². The predicted molar refractivity (Wildman–Crippen MR) is 114 cm³/mol. The summed E-state index contributed by atoms with van der Waals surface area (Å²) in [7, 11) is 1.63. The fraction of sp³-hybridized carbons (Fsp3) is 0.130. The van der Waals surface area contributed by atoms with Crippen molar-refractivity contribution < 1.29 is 9.53 Å². The van der Waals surface area contributed by atoms with Gasteiger partial charge in [-0.15, -0.1) is 0 Å². The van der Waals surface area contributed by atoms with E-state index in [2.05, 4.69) is 10.6 Å². The second-order valence-electron chi connectivity index (χ2n) is 6.76. The van der Waals surface area contributed by atoms with Crippen LogP contribution in [-0.2, 0) is 6.54 Å². The lowest BCUT2D eigenvalue weighted by Gasteiger charge is -2.10. The number of methoxy groups -OCH3 is 1. The van der Waals surface area contributed by atoms with E-state index in [4.69, 9.17) is 9.72 Å². The molecule has 0 saturated heterocycles. The molecule has 2 heterocycles. The minimum Gasteiger partial charge on any atom is -0.497 e. The van der Waals surface area contributed by atoms with Crippen molar-refractivity contribution in [1.29, 1.82) is 0 Å². The van der Waals surface area contributed by atoms with Crippen molar-refractivity contribution in [2.24, 2.45) is 0 Å². The maximum Gasteiger partial charge on any atom is 0.320 e. The molecule has 2 aromatic heterocycles. The van der Waals surface area contributed by atoms with E-state index in [9.17, 15) is 4.79 Å². The Hall–Kier alpha value is -3.80. The van der Waals surface area contributed by atoms with Gasteiger partial charge in [-0.2, -0.15) is 0 Å². The number of ether oxygens (including phenoxy) is 1. The Bertz CT molecular complexity index is 1130. The minimum absolute atomic E-state index is 0.286. The second kappa shape index (κ2) is 8.06. The average Bonchev–Trinajstić information content (AvgIpc) is 3.10. The summed E-state index contributed by atoms with van der Waals surface area (Å²) in [4.78, 5) is 17.3. The number of aromatic nitrogens is 2. The monoisotopic (exact) mass is 386 g/mol. The Morgan fingerprint density at radius 1 is 1.07 bits per heavy atom. The molecule has 0 atom stereocenters. The fourth-order valence-corrected chi connectivity index (χ4v) is 3.15. The molecule has 0 saturated carbocycles. The number of amides is 2. The van der Waals surface area contributed by atoms with Crippen molar-refractivity contribution in [3.8, 4) is 17.0 Å². The highest BCUT2D eigenvalue weighted by atomic mass is 16.5. The third-order valence-corrected chi connectivity index (χ3v) is 4.67. The van der Waals surface area contributed by atoms with Crippen molar-refractivity contribution in [3.63, 3.8) is 0 Å². The molecule has 6 heteroatoms. The summed E-state index contributed by atoms with van der Waals surface area (Å²) in [5, 5.41) is 5.87. The molecule has 4 rings (SSSR count). The van der Waals surface area contributed by atoms with Crippen LogP contribution in [0.1, 0.15) is 11.1 Å². The number of benzene rings is 2. The molecular weight excluding hydrogens is 364 g/mol. The largest absolute Gasteiger partial charge is 0.497 e. The first-order chi connectivity index (χ1) is 14.1. The number of fused-ring (bicyclic) bond motifs is 1. The third kappa shape index (κ3) is 4.06. The molecule has 0 bridgehead atoms. The summed E-state index contributed by atoms with van der Waals surface area (Å²) < 4.78 is 7.13. The number of aryl methyl sites for hydroxylation is 1. The molecule has 0 radical (unpaired) electrons. The van der Waals surface area contributed by atoms with Crippen LogP contribution in [0.15, 0.2) is 72.9 Å². The number of pyridine rings is 1. The summed E-state index contributed by atoms with van der Waals surface area (Å²) in [5.41, 5.74) is 4.50. The van der Waals surface area contributed by atoms with Gasteiger partial charge in [0.2, 0.25) is 0 Å². The van der Waals surface area contributed by atoms with E-state index in [1.165, 1.54) is 0 Å². The fourth-order valence-electron chi connectivity index (χ4n) is 3.15. The number of carbonyl (C=O) groups is 1. The zero-order valence-corrected chi connectivity index (χ0v) is 16.3. The van der Waals surface area contributed by atoms with Crippen LogP contribution in [0.4, 0.5) is 10.6 Å². The maximum atomic E-state index is 12.6. The molecule has 0 aliphatic carbocycles. The van der Waals surface area contributed by atoms with Crippen LogP contribution in [-0.4, -0.2) is 22.5 Å². The Morgan fingerprint density at radius 2 is 1.83 bits per heavy atom. The molecule has 6 nitrogen and oxygen atoms in total. The summed E-state index contributed by atoms with van der Waals surface area (Å²) >= 11 is 0. The van der Waals surface area contributed by atoms with Gasteiger partial charge in [-0.25, -0.2) is 9.78 Å². The number of carbonyl (C=O) groups excluding carboxylic acids is 1. The molecule has 0 spiro atoms. The van der Waals surface area contributed by atoms with Crippen molar-refractivity contribution in [2.45, 2.75) is 13.5 Å². The van der Waals surface area contributed by atoms with E-state index in [1.807, 2.05) is 84.3 Å². The topological polar surface area (TPSA) is 67.7 Å². The van der Waals surface area contributed by atoms with E-state index in [0.717, 1.165) is 28.1 Å². The van der Waals surface area contributed by atoms with Gasteiger partial charge >= 0.3 is 6.03 Å². The van der Waals surface area contributed by atoms with E-state index < -0.39 is 0 Å². The molecule has 2 N–H and O–H groups in total. The molecule has 0 aliphatic heterocycles. The Balaban J connectivity index is 1.64. The van der Waals surface area contributed by atoms with Crippen LogP contribution in [0.3, 0.4) is 0 Å². The molecule has 4 aromatic rings. The lowest BCUT2D eigenvalue weighted by molar-refractivity contribution is 0.251. The highest BCUT2D eigenvalue weighted by Gasteiger charge is 2.16. The van der Waals surface area contributed by atoms with Crippen LogP contribution in [0, 0.1) is 6.92 Å². The van der Waals surface area contributed by atoms with Crippen LogP contribution in [0.5, 0.6) is 5.75 Å². The standard InChI is InChI=1S/C23H22N4O2/c1-16-12-13-27-20(14-16)25-21(18-8-10-19(29-2)11-9-18)22(27)26-23(28)24-15-17-6-4-3-5-7-17/h3-14H,15H2,1-2H3,(H2,24,26,28). The first-order valence-corrected chi connectivity index (χ1v) is 9.36. The highest BCUT2D eigenvalue weighted by Crippen LogP contribution is 2.30. The van der Waals surface area contributed by atoms with Crippen molar-refractivity contribution >= 4 is 17.5 Å². The molecule has 2 aromatic carbocycles. The van der Waals surface area contributed by atoms with E-state index in [-0.39, 0.29) is 6.03 Å². The lowest BCUT2D eigenvalue weighted by Crippen LogP contribution is -2.28. The van der Waals surface area contributed by atoms with Gasteiger partial charge in [-0.05, 0) is 54.4 Å². The number of urea groups is 1. The minimum atomic E-state index is -0.286. The van der Waals surface area contributed by atoms with Crippen LogP contribution in [0.25, 0.3) is 16.9 Å². The van der Waals surface area contributed by atoms with Gasteiger partial charge in [0.05, 0.1) is 7.11 Å². The molecule has 0 aliphatic rings. The Labute approximate surface area is 169 Å². The maximum absolute atomic E-state index is 12.6. The number of imidazole rings is 1. The smallest absolute Gasteiger partial charge is 0.320 e. The second-order valence-corrected chi connectivity index (χ2v) is 6.76. The van der Waals surface area contributed by atoms with Crippen molar-refractivity contribution in [1.82, 2.24) is 14.7 Å². The zero-order chi connectivity index (χ0) is 20.2. The molecule has 0 fully saturated rings. The van der Waals surface area contributed by atoms with Gasteiger partial charge < -0.3 is 10.1 Å². The molecule has 29 heavy (non-hydrogen) atoms. The van der Waals surface area contributed by atoms with Crippen molar-refractivity contribution in [2.75, 3.05) is 12.4 Å². The van der Waals surface area contributed by atoms with Crippen LogP contribution < -0.4 is 15.4 Å². The van der Waals surface area contributed by atoms with E-state index in [0.29, 0.717) is 18.1 Å².